The van der Waals surface area contributed by atoms with Crippen molar-refractivity contribution < 1.29 is 32.2 Å². The molecule has 0 aliphatic carbocycles. The SMILES string of the molecule is CCOC(=O)c1c(OCC(F)(F)F)ccc2[nH]c(C(=O)NC3CCN(C(C)C)CC3)nc12. The molecule has 0 saturated carbocycles. The minimum Gasteiger partial charge on any atom is -0.483 e. The highest BCUT2D eigenvalue weighted by atomic mass is 19.4. The van der Waals surface area contributed by atoms with Gasteiger partial charge in [0.15, 0.2) is 12.4 Å². The second-order valence-electron chi connectivity index (χ2n) is 7.92. The van der Waals surface area contributed by atoms with Crippen LogP contribution in [-0.2, 0) is 4.74 Å². The van der Waals surface area contributed by atoms with Gasteiger partial charge >= 0.3 is 12.1 Å². The van der Waals surface area contributed by atoms with E-state index in [1.54, 1.807) is 6.92 Å². The lowest BCUT2D eigenvalue weighted by atomic mass is 10.0. The van der Waals surface area contributed by atoms with Crippen molar-refractivity contribution in [3.63, 3.8) is 0 Å². The Labute approximate surface area is 183 Å². The number of aromatic amines is 1. The van der Waals surface area contributed by atoms with Crippen molar-refractivity contribution in [3.05, 3.63) is 23.5 Å². The predicted octanol–water partition coefficient (Wildman–Crippen LogP) is 3.28. The molecular formula is C21H27F3N4O4. The van der Waals surface area contributed by atoms with E-state index >= 15 is 0 Å². The van der Waals surface area contributed by atoms with Crippen LogP contribution < -0.4 is 10.1 Å². The highest BCUT2D eigenvalue weighted by Gasteiger charge is 2.31. The van der Waals surface area contributed by atoms with E-state index in [0.29, 0.717) is 11.6 Å². The number of hydrogen-bond donors (Lipinski definition) is 2. The number of piperidine rings is 1. The Balaban J connectivity index is 1.82. The molecule has 1 aliphatic rings. The molecule has 2 aromatic rings. The number of amides is 1. The van der Waals surface area contributed by atoms with Gasteiger partial charge in [-0.2, -0.15) is 13.2 Å². The molecule has 1 aromatic carbocycles. The van der Waals surface area contributed by atoms with Crippen molar-refractivity contribution in [2.24, 2.45) is 0 Å². The molecule has 0 unspecified atom stereocenters. The number of likely N-dealkylation sites (tertiary alicyclic amines) is 1. The Hall–Kier alpha value is -2.82. The summed E-state index contributed by atoms with van der Waals surface area (Å²) >= 11 is 0. The smallest absolute Gasteiger partial charge is 0.422 e. The van der Waals surface area contributed by atoms with Crippen LogP contribution in [0.1, 0.15) is 54.6 Å². The van der Waals surface area contributed by atoms with Gasteiger partial charge in [-0.3, -0.25) is 4.79 Å². The van der Waals surface area contributed by atoms with Crippen LogP contribution >= 0.6 is 0 Å². The standard InChI is InChI=1S/C21H27F3N4O4/c1-4-31-20(30)16-15(32-11-21(22,23)24)6-5-14-17(16)27-18(26-14)19(29)25-13-7-9-28(10-8-13)12(2)3/h5-6,12-13H,4,7-11H2,1-3H3,(H,25,29)(H,26,27). The van der Waals surface area contributed by atoms with E-state index in [0.717, 1.165) is 25.9 Å². The van der Waals surface area contributed by atoms with Gasteiger partial charge in [0, 0.05) is 25.2 Å². The first kappa shape index (κ1) is 23.8. The summed E-state index contributed by atoms with van der Waals surface area (Å²) in [5.74, 6) is -1.68. The van der Waals surface area contributed by atoms with Gasteiger partial charge in [0.25, 0.3) is 5.91 Å². The number of rotatable bonds is 7. The van der Waals surface area contributed by atoms with E-state index in [-0.39, 0.29) is 35.3 Å². The Morgan fingerprint density at radius 3 is 2.56 bits per heavy atom. The molecule has 0 radical (unpaired) electrons. The van der Waals surface area contributed by atoms with Crippen molar-refractivity contribution >= 4 is 22.9 Å². The predicted molar refractivity (Wildman–Crippen MR) is 111 cm³/mol. The summed E-state index contributed by atoms with van der Waals surface area (Å²) in [7, 11) is 0. The van der Waals surface area contributed by atoms with Gasteiger partial charge in [-0.25, -0.2) is 9.78 Å². The van der Waals surface area contributed by atoms with Gasteiger partial charge in [0.1, 0.15) is 16.8 Å². The van der Waals surface area contributed by atoms with Crippen LogP contribution in [0.3, 0.4) is 0 Å². The molecule has 1 amide bonds. The van der Waals surface area contributed by atoms with Crippen LogP contribution in [0.15, 0.2) is 12.1 Å². The van der Waals surface area contributed by atoms with Crippen LogP contribution in [0.25, 0.3) is 11.0 Å². The number of carbonyl (C=O) groups is 2. The number of carbonyl (C=O) groups excluding carboxylic acids is 2. The number of nitrogens with one attached hydrogen (secondary N) is 2. The summed E-state index contributed by atoms with van der Waals surface area (Å²) < 4.78 is 47.6. The molecule has 1 fully saturated rings. The van der Waals surface area contributed by atoms with Crippen molar-refractivity contribution in [1.29, 1.82) is 0 Å². The molecule has 0 spiro atoms. The zero-order valence-electron chi connectivity index (χ0n) is 18.2. The molecule has 32 heavy (non-hydrogen) atoms. The van der Waals surface area contributed by atoms with Gasteiger partial charge in [-0.15, -0.1) is 0 Å². The fourth-order valence-corrected chi connectivity index (χ4v) is 3.66. The molecule has 0 atom stereocenters. The summed E-state index contributed by atoms with van der Waals surface area (Å²) in [5.41, 5.74) is 0.0734. The first-order chi connectivity index (χ1) is 15.1. The minimum absolute atomic E-state index is 0.0130. The Morgan fingerprint density at radius 1 is 1.28 bits per heavy atom. The summed E-state index contributed by atoms with van der Waals surface area (Å²) in [5, 5.41) is 2.93. The monoisotopic (exact) mass is 456 g/mol. The van der Waals surface area contributed by atoms with E-state index in [2.05, 4.69) is 34.0 Å². The van der Waals surface area contributed by atoms with E-state index < -0.39 is 24.7 Å². The third kappa shape index (κ3) is 5.70. The number of benzene rings is 1. The lowest BCUT2D eigenvalue weighted by Gasteiger charge is -2.34. The van der Waals surface area contributed by atoms with Crippen LogP contribution in [0, 0.1) is 0 Å². The number of H-pyrrole nitrogens is 1. The fourth-order valence-electron chi connectivity index (χ4n) is 3.66. The average Bonchev–Trinajstić information content (AvgIpc) is 3.16. The molecule has 1 aliphatic heterocycles. The maximum Gasteiger partial charge on any atom is 0.422 e. The van der Waals surface area contributed by atoms with Gasteiger partial charge in [0.2, 0.25) is 0 Å². The number of fused-ring (bicyclic) bond motifs is 1. The quantitative estimate of drug-likeness (QED) is 0.621. The number of aromatic nitrogens is 2. The lowest BCUT2D eigenvalue weighted by Crippen LogP contribution is -2.46. The second kappa shape index (κ2) is 9.76. The highest BCUT2D eigenvalue weighted by Crippen LogP contribution is 2.29. The number of hydrogen-bond acceptors (Lipinski definition) is 6. The van der Waals surface area contributed by atoms with Crippen molar-refractivity contribution in [1.82, 2.24) is 20.2 Å². The zero-order valence-corrected chi connectivity index (χ0v) is 18.2. The third-order valence-corrected chi connectivity index (χ3v) is 5.30. The molecule has 1 saturated heterocycles. The zero-order chi connectivity index (χ0) is 23.5. The molecule has 8 nitrogen and oxygen atoms in total. The van der Waals surface area contributed by atoms with Crippen molar-refractivity contribution in [3.8, 4) is 5.75 Å². The summed E-state index contributed by atoms with van der Waals surface area (Å²) in [6, 6.07) is 3.06. The number of nitrogens with zero attached hydrogens (tertiary/aromatic N) is 2. The molecule has 1 aromatic heterocycles. The van der Waals surface area contributed by atoms with E-state index in [9.17, 15) is 22.8 Å². The van der Waals surface area contributed by atoms with Crippen LogP contribution in [-0.4, -0.2) is 71.3 Å². The van der Waals surface area contributed by atoms with Crippen LogP contribution in [0.5, 0.6) is 5.75 Å². The molecule has 11 heteroatoms. The molecule has 176 valence electrons. The highest BCUT2D eigenvalue weighted by molar-refractivity contribution is 6.06. The molecule has 2 N–H and O–H groups in total. The van der Waals surface area contributed by atoms with E-state index in [1.165, 1.54) is 12.1 Å². The van der Waals surface area contributed by atoms with E-state index in [1.807, 2.05) is 0 Å². The van der Waals surface area contributed by atoms with Crippen molar-refractivity contribution in [2.45, 2.75) is 51.9 Å². The second-order valence-corrected chi connectivity index (χ2v) is 7.92. The largest absolute Gasteiger partial charge is 0.483 e. The Morgan fingerprint density at radius 2 is 1.97 bits per heavy atom. The summed E-state index contributed by atoms with van der Waals surface area (Å²) in [6.07, 6.45) is -2.98. The van der Waals surface area contributed by atoms with Gasteiger partial charge < -0.3 is 24.7 Å². The molecular weight excluding hydrogens is 429 g/mol. The van der Waals surface area contributed by atoms with Gasteiger partial charge in [-0.1, -0.05) is 0 Å². The maximum absolute atomic E-state index is 12.7. The van der Waals surface area contributed by atoms with Gasteiger partial charge in [-0.05, 0) is 45.7 Å². The topological polar surface area (TPSA) is 96.5 Å². The summed E-state index contributed by atoms with van der Waals surface area (Å²) in [6.45, 7) is 6.01. The van der Waals surface area contributed by atoms with Crippen LogP contribution in [0.2, 0.25) is 0 Å². The van der Waals surface area contributed by atoms with E-state index in [4.69, 9.17) is 9.47 Å². The first-order valence-corrected chi connectivity index (χ1v) is 10.5. The first-order valence-electron chi connectivity index (χ1n) is 10.5. The number of esters is 1. The number of alkyl halides is 3. The molecule has 2 heterocycles. The van der Waals surface area contributed by atoms with Crippen molar-refractivity contribution in [2.75, 3.05) is 26.3 Å². The normalized spacial score (nSPS) is 15.8. The number of imidazole rings is 1. The molecule has 3 rings (SSSR count). The Kier molecular flexibility index (Phi) is 7.27. The fraction of sp³-hybridized carbons (Fsp3) is 0.571. The maximum atomic E-state index is 12.7. The lowest BCUT2D eigenvalue weighted by molar-refractivity contribution is -0.153. The summed E-state index contributed by atoms with van der Waals surface area (Å²) in [4.78, 5) is 34.5. The Bertz CT molecular complexity index is 966. The number of ether oxygens (including phenoxy) is 2. The average molecular weight is 456 g/mol. The van der Waals surface area contributed by atoms with Gasteiger partial charge in [0.05, 0.1) is 12.1 Å². The third-order valence-electron chi connectivity index (χ3n) is 5.30. The number of halogens is 3. The minimum atomic E-state index is -4.58. The molecule has 0 bridgehead atoms. The van der Waals surface area contributed by atoms with Crippen LogP contribution in [0.4, 0.5) is 13.2 Å².